The molecule has 10 heteroatoms. The molecule has 8 bridgehead atoms. The minimum atomic E-state index is 0.526. The summed E-state index contributed by atoms with van der Waals surface area (Å²) in [5.74, 6) is 1.41. The van der Waals surface area contributed by atoms with Crippen LogP contribution < -0.4 is 9.47 Å². The Bertz CT molecular complexity index is 1120. The van der Waals surface area contributed by atoms with Gasteiger partial charge in [0.2, 0.25) is 11.8 Å². The number of hydrogen-bond donors (Lipinski definition) is 0. The number of fused-ring (bicyclic) bond motifs is 8. The van der Waals surface area contributed by atoms with E-state index in [-0.39, 0.29) is 0 Å². The van der Waals surface area contributed by atoms with Crippen molar-refractivity contribution >= 4 is 0 Å². The van der Waals surface area contributed by atoms with Gasteiger partial charge in [-0.2, -0.15) is 20.4 Å². The minimum absolute atomic E-state index is 0.526. The van der Waals surface area contributed by atoms with Crippen LogP contribution in [0.5, 0.6) is 11.8 Å². The van der Waals surface area contributed by atoms with Crippen molar-refractivity contribution in [3.05, 3.63) is 58.4 Å². The van der Waals surface area contributed by atoms with Gasteiger partial charge in [0.1, 0.15) is 0 Å². The highest BCUT2D eigenvalue weighted by molar-refractivity contribution is 5.22. The maximum Gasteiger partial charge on any atom is 0.212 e. The molecule has 5 heterocycles. The molecule has 30 heavy (non-hydrogen) atoms. The number of rotatable bonds is 2. The summed E-state index contributed by atoms with van der Waals surface area (Å²) in [6.07, 6.45) is 0. The first-order valence-electron chi connectivity index (χ1n) is 9.80. The zero-order chi connectivity index (χ0) is 20.8. The standard InChI is InChI=1S/C20H24N8O2/c1-13-5-15-11-27-20(30-4)8-18(24-27)10-26-14(2)6-16(22-26)12-28-19(29-3)7-17(23-28)9-25(13)21-15/h5-8H,9-12H2,1-4H3. The molecule has 0 fully saturated rings. The van der Waals surface area contributed by atoms with Crippen molar-refractivity contribution in [3.63, 3.8) is 0 Å². The van der Waals surface area contributed by atoms with Gasteiger partial charge in [-0.3, -0.25) is 9.36 Å². The van der Waals surface area contributed by atoms with Crippen LogP contribution >= 0.6 is 0 Å². The second-order valence-electron chi connectivity index (χ2n) is 7.54. The van der Waals surface area contributed by atoms with Crippen LogP contribution in [-0.4, -0.2) is 53.3 Å². The molecular formula is C20H24N8O2. The van der Waals surface area contributed by atoms with E-state index >= 15 is 0 Å². The zero-order valence-corrected chi connectivity index (χ0v) is 17.5. The number of aryl methyl sites for hydroxylation is 2. The van der Waals surface area contributed by atoms with Crippen LogP contribution in [0.3, 0.4) is 0 Å². The van der Waals surface area contributed by atoms with Crippen molar-refractivity contribution < 1.29 is 9.47 Å². The van der Waals surface area contributed by atoms with Crippen LogP contribution in [0.2, 0.25) is 0 Å². The monoisotopic (exact) mass is 408 g/mol. The third-order valence-corrected chi connectivity index (χ3v) is 5.32. The van der Waals surface area contributed by atoms with Crippen molar-refractivity contribution in [1.82, 2.24) is 39.1 Å². The second kappa shape index (κ2) is 7.05. The first kappa shape index (κ1) is 18.5. The molecule has 10 nitrogen and oxygen atoms in total. The van der Waals surface area contributed by atoms with E-state index in [2.05, 4.69) is 12.1 Å². The van der Waals surface area contributed by atoms with E-state index in [9.17, 15) is 0 Å². The average molecular weight is 408 g/mol. The van der Waals surface area contributed by atoms with Gasteiger partial charge in [0, 0.05) is 23.5 Å². The largest absolute Gasteiger partial charge is 0.481 e. The highest BCUT2D eigenvalue weighted by Crippen LogP contribution is 2.20. The Morgan fingerprint density at radius 2 is 0.900 bits per heavy atom. The van der Waals surface area contributed by atoms with Gasteiger partial charge in [-0.1, -0.05) is 0 Å². The second-order valence-corrected chi connectivity index (χ2v) is 7.54. The number of ether oxygens (including phenoxy) is 2. The van der Waals surface area contributed by atoms with Crippen LogP contribution in [0.25, 0.3) is 0 Å². The lowest BCUT2D eigenvalue weighted by molar-refractivity contribution is 0.365. The molecule has 0 aromatic carbocycles. The molecule has 4 aromatic rings. The van der Waals surface area contributed by atoms with E-state index in [1.165, 1.54) is 0 Å². The van der Waals surface area contributed by atoms with Crippen molar-refractivity contribution in [2.24, 2.45) is 0 Å². The average Bonchev–Trinajstić information content (AvgIpc) is 3.45. The number of methoxy groups -OCH3 is 2. The highest BCUT2D eigenvalue weighted by Gasteiger charge is 2.17. The van der Waals surface area contributed by atoms with Crippen LogP contribution in [0.1, 0.15) is 34.2 Å². The summed E-state index contributed by atoms with van der Waals surface area (Å²) in [4.78, 5) is 0. The van der Waals surface area contributed by atoms with E-state index < -0.39 is 0 Å². The molecule has 0 saturated carbocycles. The molecule has 4 aromatic heterocycles. The number of aromatic nitrogens is 8. The van der Waals surface area contributed by atoms with Crippen molar-refractivity contribution in [3.8, 4) is 11.8 Å². The molecule has 0 radical (unpaired) electrons. The number of nitrogens with zero attached hydrogens (tertiary/aromatic N) is 8. The Morgan fingerprint density at radius 1 is 0.567 bits per heavy atom. The van der Waals surface area contributed by atoms with E-state index in [4.69, 9.17) is 29.9 Å². The van der Waals surface area contributed by atoms with E-state index in [0.29, 0.717) is 37.9 Å². The third-order valence-electron chi connectivity index (χ3n) is 5.32. The molecule has 0 atom stereocenters. The van der Waals surface area contributed by atoms with Gasteiger partial charge in [-0.15, -0.1) is 0 Å². The zero-order valence-electron chi connectivity index (χ0n) is 17.5. The van der Waals surface area contributed by atoms with Crippen molar-refractivity contribution in [2.45, 2.75) is 40.0 Å². The van der Waals surface area contributed by atoms with Gasteiger partial charge in [0.15, 0.2) is 0 Å². The molecule has 1 aliphatic heterocycles. The van der Waals surface area contributed by atoms with Crippen LogP contribution in [0.15, 0.2) is 24.3 Å². The van der Waals surface area contributed by atoms with Crippen molar-refractivity contribution in [2.75, 3.05) is 14.2 Å². The van der Waals surface area contributed by atoms with Crippen LogP contribution in [-0.2, 0) is 26.2 Å². The van der Waals surface area contributed by atoms with Gasteiger partial charge in [0.05, 0.1) is 63.2 Å². The molecule has 1 aliphatic rings. The Hall–Kier alpha value is -3.56. The molecule has 0 N–H and O–H groups in total. The fourth-order valence-corrected chi connectivity index (χ4v) is 3.86. The predicted molar refractivity (Wildman–Crippen MR) is 108 cm³/mol. The molecule has 156 valence electrons. The lowest BCUT2D eigenvalue weighted by Gasteiger charge is -2.05. The predicted octanol–water partition coefficient (Wildman–Crippen LogP) is 1.61. The molecule has 0 saturated heterocycles. The summed E-state index contributed by atoms with van der Waals surface area (Å²) >= 11 is 0. The maximum absolute atomic E-state index is 5.54. The van der Waals surface area contributed by atoms with Gasteiger partial charge in [0.25, 0.3) is 0 Å². The first-order chi connectivity index (χ1) is 14.5. The molecule has 0 spiro atoms. The van der Waals surface area contributed by atoms with Gasteiger partial charge in [-0.25, -0.2) is 9.36 Å². The Kier molecular flexibility index (Phi) is 4.34. The minimum Gasteiger partial charge on any atom is -0.481 e. The number of hydrogen-bond acceptors (Lipinski definition) is 6. The van der Waals surface area contributed by atoms with E-state index in [1.807, 2.05) is 44.7 Å². The summed E-state index contributed by atoms with van der Waals surface area (Å²) in [6, 6.07) is 8.03. The summed E-state index contributed by atoms with van der Waals surface area (Å²) in [6.45, 7) is 6.25. The van der Waals surface area contributed by atoms with Crippen molar-refractivity contribution in [1.29, 1.82) is 0 Å². The smallest absolute Gasteiger partial charge is 0.212 e. The highest BCUT2D eigenvalue weighted by atomic mass is 16.5. The first-order valence-corrected chi connectivity index (χ1v) is 9.80. The summed E-state index contributed by atoms with van der Waals surface area (Å²) in [5.41, 5.74) is 5.70. The SMILES string of the molecule is COc1cc2nn1Cc1cc(C)n(n1)Cc1cc(OC)n(n1)Cc1cc(C)n(n1)C2. The Labute approximate surface area is 173 Å². The quantitative estimate of drug-likeness (QED) is 0.441. The lowest BCUT2D eigenvalue weighted by Crippen LogP contribution is -2.11. The summed E-state index contributed by atoms with van der Waals surface area (Å²) in [5, 5.41) is 19.0. The van der Waals surface area contributed by atoms with Gasteiger partial charge < -0.3 is 9.47 Å². The van der Waals surface area contributed by atoms with Crippen LogP contribution in [0.4, 0.5) is 0 Å². The summed E-state index contributed by atoms with van der Waals surface area (Å²) in [7, 11) is 3.31. The normalized spacial score (nSPS) is 13.5. The molecular weight excluding hydrogens is 384 g/mol. The van der Waals surface area contributed by atoms with Crippen LogP contribution in [0, 0.1) is 13.8 Å². The van der Waals surface area contributed by atoms with E-state index in [1.54, 1.807) is 14.2 Å². The molecule has 5 rings (SSSR count). The Morgan fingerprint density at radius 3 is 1.30 bits per heavy atom. The van der Waals surface area contributed by atoms with E-state index in [0.717, 1.165) is 34.2 Å². The fourth-order valence-electron chi connectivity index (χ4n) is 3.86. The molecule has 0 unspecified atom stereocenters. The summed E-state index contributed by atoms with van der Waals surface area (Å²) < 4.78 is 18.7. The topological polar surface area (TPSA) is 89.7 Å². The van der Waals surface area contributed by atoms with Gasteiger partial charge >= 0.3 is 0 Å². The lowest BCUT2D eigenvalue weighted by atomic mass is 10.3. The molecule has 0 aliphatic carbocycles. The van der Waals surface area contributed by atoms with Gasteiger partial charge in [-0.05, 0) is 26.0 Å². The maximum atomic E-state index is 5.54. The molecule has 0 amide bonds. The third kappa shape index (κ3) is 3.23. The fraction of sp³-hybridized carbons (Fsp3) is 0.400. The Balaban J connectivity index is 1.62.